The van der Waals surface area contributed by atoms with Gasteiger partial charge in [0.15, 0.2) is 0 Å². The molecule has 0 fully saturated rings. The van der Waals surface area contributed by atoms with Crippen molar-refractivity contribution in [2.24, 2.45) is 0 Å². The Bertz CT molecular complexity index is 3020. The lowest BCUT2D eigenvalue weighted by molar-refractivity contribution is 0.660. The highest BCUT2D eigenvalue weighted by atomic mass is 32.2. The standard InChI is InChI=1S/C52H37NS/c1-52(2)44-20-9-8-16-38(44)39-26-24-34(30-45(39)52)51-41-18-7-6-17-40(41)50(35-25-28-49-47(31-35)53(3)46-21-10-11-22-48(46)54-49)42-27-23-33(29-43(42)51)37-19-12-14-32-13-4-5-15-36(32)37/h4-31H,1-3H3. The maximum atomic E-state index is 2.49. The highest BCUT2D eigenvalue weighted by molar-refractivity contribution is 7.99. The summed E-state index contributed by atoms with van der Waals surface area (Å²) in [5.41, 5.74) is 15.4. The van der Waals surface area contributed by atoms with Gasteiger partial charge in [0.05, 0.1) is 11.4 Å². The van der Waals surface area contributed by atoms with E-state index in [1.54, 1.807) is 0 Å². The second-order valence-electron chi connectivity index (χ2n) is 15.3. The van der Waals surface area contributed by atoms with Crippen LogP contribution in [0.5, 0.6) is 0 Å². The molecule has 54 heavy (non-hydrogen) atoms. The van der Waals surface area contributed by atoms with Crippen LogP contribution in [0.4, 0.5) is 11.4 Å². The van der Waals surface area contributed by atoms with Crippen LogP contribution >= 0.6 is 11.8 Å². The van der Waals surface area contributed by atoms with Crippen LogP contribution in [0.15, 0.2) is 180 Å². The fourth-order valence-electron chi connectivity index (χ4n) is 9.39. The molecule has 0 bridgehead atoms. The van der Waals surface area contributed by atoms with Crippen LogP contribution in [0, 0.1) is 0 Å². The number of hydrogen-bond donors (Lipinski definition) is 0. The lowest BCUT2D eigenvalue weighted by Crippen LogP contribution is -2.14. The number of nitrogens with zero attached hydrogens (tertiary/aromatic N) is 1. The van der Waals surface area contributed by atoms with Crippen LogP contribution in [0.25, 0.3) is 76.8 Å². The van der Waals surface area contributed by atoms with Crippen molar-refractivity contribution in [3.8, 4) is 44.5 Å². The quantitative estimate of drug-likeness (QED) is 0.168. The molecule has 256 valence electrons. The summed E-state index contributed by atoms with van der Waals surface area (Å²) in [6.07, 6.45) is 0. The smallest absolute Gasteiger partial charge is 0.0556 e. The predicted octanol–water partition coefficient (Wildman–Crippen LogP) is 14.7. The van der Waals surface area contributed by atoms with E-state index in [-0.39, 0.29) is 5.41 Å². The third-order valence-electron chi connectivity index (χ3n) is 12.1. The molecule has 0 spiro atoms. The van der Waals surface area contributed by atoms with E-state index in [0.717, 1.165) is 0 Å². The molecular formula is C52H37NS. The lowest BCUT2D eigenvalue weighted by atomic mass is 9.80. The van der Waals surface area contributed by atoms with Crippen molar-refractivity contribution in [2.75, 3.05) is 11.9 Å². The average Bonchev–Trinajstić information content (AvgIpc) is 3.45. The Morgan fingerprint density at radius 1 is 0.407 bits per heavy atom. The summed E-state index contributed by atoms with van der Waals surface area (Å²) in [6, 6.07) is 63.6. The number of benzene rings is 9. The van der Waals surface area contributed by atoms with Gasteiger partial charge >= 0.3 is 0 Å². The molecule has 0 saturated heterocycles. The van der Waals surface area contributed by atoms with Crippen molar-refractivity contribution in [3.05, 3.63) is 181 Å². The van der Waals surface area contributed by atoms with Gasteiger partial charge in [0.2, 0.25) is 0 Å². The van der Waals surface area contributed by atoms with Crippen LogP contribution in [0.2, 0.25) is 0 Å². The Hall–Kier alpha value is -6.09. The van der Waals surface area contributed by atoms with Crippen molar-refractivity contribution in [1.29, 1.82) is 0 Å². The first-order valence-electron chi connectivity index (χ1n) is 18.8. The van der Waals surface area contributed by atoms with Gasteiger partial charge < -0.3 is 4.90 Å². The molecule has 2 aliphatic rings. The van der Waals surface area contributed by atoms with Crippen molar-refractivity contribution in [2.45, 2.75) is 29.1 Å². The van der Waals surface area contributed by atoms with Gasteiger partial charge in [0, 0.05) is 22.3 Å². The minimum Gasteiger partial charge on any atom is -0.343 e. The Kier molecular flexibility index (Phi) is 6.81. The molecule has 1 nitrogen and oxygen atoms in total. The molecule has 2 heteroatoms. The predicted molar refractivity (Wildman–Crippen MR) is 231 cm³/mol. The summed E-state index contributed by atoms with van der Waals surface area (Å²) in [6.45, 7) is 4.76. The minimum atomic E-state index is -0.0899. The number of hydrogen-bond acceptors (Lipinski definition) is 2. The van der Waals surface area contributed by atoms with Crippen LogP contribution in [-0.4, -0.2) is 7.05 Å². The van der Waals surface area contributed by atoms with E-state index in [2.05, 4.69) is 196 Å². The number of anilines is 2. The molecule has 0 radical (unpaired) electrons. The molecule has 1 aliphatic carbocycles. The first-order chi connectivity index (χ1) is 26.5. The van der Waals surface area contributed by atoms with E-state index < -0.39 is 0 Å². The van der Waals surface area contributed by atoms with E-state index in [1.807, 2.05) is 11.8 Å². The van der Waals surface area contributed by atoms with E-state index in [1.165, 1.54) is 109 Å². The van der Waals surface area contributed by atoms with Crippen LogP contribution in [0.3, 0.4) is 0 Å². The fourth-order valence-corrected chi connectivity index (χ4v) is 10.5. The maximum Gasteiger partial charge on any atom is 0.0556 e. The molecule has 0 aromatic heterocycles. The second-order valence-corrected chi connectivity index (χ2v) is 16.4. The van der Waals surface area contributed by atoms with Gasteiger partial charge in [0.25, 0.3) is 0 Å². The van der Waals surface area contributed by atoms with Crippen molar-refractivity contribution < 1.29 is 0 Å². The van der Waals surface area contributed by atoms with Crippen LogP contribution < -0.4 is 4.90 Å². The molecule has 11 rings (SSSR count). The Labute approximate surface area is 320 Å². The van der Waals surface area contributed by atoms with Gasteiger partial charge in [0.1, 0.15) is 0 Å². The van der Waals surface area contributed by atoms with E-state index in [0.29, 0.717) is 0 Å². The maximum absolute atomic E-state index is 2.49. The first-order valence-corrected chi connectivity index (χ1v) is 19.6. The SMILES string of the molecule is CN1c2ccccc2Sc2ccc(-c3c4ccccc4c(-c4ccc5c(c4)C(C)(C)c4ccccc4-5)c4cc(-c5cccc6ccccc56)ccc34)cc21. The topological polar surface area (TPSA) is 3.24 Å². The Morgan fingerprint density at radius 2 is 1.00 bits per heavy atom. The lowest BCUT2D eigenvalue weighted by Gasteiger charge is -2.30. The molecule has 0 amide bonds. The zero-order valence-electron chi connectivity index (χ0n) is 30.5. The molecule has 0 saturated carbocycles. The van der Waals surface area contributed by atoms with Gasteiger partial charge in [-0.05, 0) is 124 Å². The van der Waals surface area contributed by atoms with Gasteiger partial charge in [-0.25, -0.2) is 0 Å². The fraction of sp³-hybridized carbons (Fsp3) is 0.0769. The van der Waals surface area contributed by atoms with E-state index in [9.17, 15) is 0 Å². The zero-order chi connectivity index (χ0) is 36.1. The summed E-state index contributed by atoms with van der Waals surface area (Å²) < 4.78 is 0. The van der Waals surface area contributed by atoms with E-state index in [4.69, 9.17) is 0 Å². The minimum absolute atomic E-state index is 0.0899. The molecule has 9 aromatic rings. The van der Waals surface area contributed by atoms with Crippen LogP contribution in [-0.2, 0) is 5.41 Å². The van der Waals surface area contributed by atoms with Crippen LogP contribution in [0.1, 0.15) is 25.0 Å². The number of para-hydroxylation sites is 1. The van der Waals surface area contributed by atoms with Gasteiger partial charge in [-0.2, -0.15) is 0 Å². The summed E-state index contributed by atoms with van der Waals surface area (Å²) in [5.74, 6) is 0. The monoisotopic (exact) mass is 707 g/mol. The Morgan fingerprint density at radius 3 is 1.87 bits per heavy atom. The number of rotatable bonds is 3. The average molecular weight is 708 g/mol. The van der Waals surface area contributed by atoms with Crippen molar-refractivity contribution in [1.82, 2.24) is 0 Å². The molecule has 9 aromatic carbocycles. The normalized spacial score (nSPS) is 13.9. The molecule has 0 atom stereocenters. The summed E-state index contributed by atoms with van der Waals surface area (Å²) >= 11 is 1.86. The van der Waals surface area contributed by atoms with E-state index >= 15 is 0 Å². The molecular weight excluding hydrogens is 671 g/mol. The molecule has 0 N–H and O–H groups in total. The largest absolute Gasteiger partial charge is 0.343 e. The summed E-state index contributed by atoms with van der Waals surface area (Å²) in [4.78, 5) is 4.93. The van der Waals surface area contributed by atoms with Crippen molar-refractivity contribution in [3.63, 3.8) is 0 Å². The van der Waals surface area contributed by atoms with Gasteiger partial charge in [-0.3, -0.25) is 0 Å². The summed E-state index contributed by atoms with van der Waals surface area (Å²) in [7, 11) is 2.20. The Balaban J connectivity index is 1.20. The third kappa shape index (κ3) is 4.53. The molecule has 1 heterocycles. The molecule has 1 aliphatic heterocycles. The summed E-state index contributed by atoms with van der Waals surface area (Å²) in [5, 5.41) is 7.61. The first kappa shape index (κ1) is 31.4. The van der Waals surface area contributed by atoms with Crippen molar-refractivity contribution >= 4 is 55.5 Å². The highest BCUT2D eigenvalue weighted by Crippen LogP contribution is 2.53. The second kappa shape index (κ2) is 11.7. The van der Waals surface area contributed by atoms with Gasteiger partial charge in [-0.1, -0.05) is 159 Å². The number of fused-ring (bicyclic) bond motifs is 8. The van der Waals surface area contributed by atoms with Gasteiger partial charge in [-0.15, -0.1) is 0 Å². The highest BCUT2D eigenvalue weighted by Gasteiger charge is 2.35. The third-order valence-corrected chi connectivity index (χ3v) is 13.2. The zero-order valence-corrected chi connectivity index (χ0v) is 31.3. The molecule has 0 unspecified atom stereocenters.